The van der Waals surface area contributed by atoms with E-state index in [1.54, 1.807) is 0 Å². The van der Waals surface area contributed by atoms with Crippen molar-refractivity contribution >= 4 is 5.82 Å². The first-order valence-electron chi connectivity index (χ1n) is 6.60. The smallest absolute Gasteiger partial charge is 0.128 e. The lowest BCUT2D eigenvalue weighted by Crippen LogP contribution is -2.33. The Kier molecular flexibility index (Phi) is 4.00. The van der Waals surface area contributed by atoms with Crippen molar-refractivity contribution in [1.82, 2.24) is 10.3 Å². The summed E-state index contributed by atoms with van der Waals surface area (Å²) in [5.74, 6) is 1.11. The van der Waals surface area contributed by atoms with Crippen LogP contribution >= 0.6 is 0 Å². The van der Waals surface area contributed by atoms with Gasteiger partial charge in [-0.05, 0) is 30.9 Å². The average Bonchev–Trinajstić information content (AvgIpc) is 2.75. The molecule has 0 fully saturated rings. The number of likely N-dealkylation sites (N-methyl/N-ethyl adjacent to an activating group) is 1. The van der Waals surface area contributed by atoms with Crippen molar-refractivity contribution in [2.75, 3.05) is 25.0 Å². The van der Waals surface area contributed by atoms with Gasteiger partial charge in [-0.3, -0.25) is 0 Å². The molecular formula is C14H23N3. The molecule has 17 heavy (non-hydrogen) atoms. The number of fused-ring (bicyclic) bond motifs is 1. The molecule has 1 N–H and O–H groups in total. The fourth-order valence-corrected chi connectivity index (χ4v) is 2.26. The van der Waals surface area contributed by atoms with Crippen LogP contribution < -0.4 is 10.2 Å². The van der Waals surface area contributed by atoms with Gasteiger partial charge in [0, 0.05) is 31.9 Å². The fourth-order valence-electron chi connectivity index (χ4n) is 2.26. The Labute approximate surface area is 104 Å². The minimum absolute atomic E-state index is 0.552. The third-order valence-corrected chi connectivity index (χ3v) is 3.30. The van der Waals surface area contributed by atoms with Crippen LogP contribution in [-0.4, -0.2) is 31.2 Å². The van der Waals surface area contributed by atoms with E-state index in [0.717, 1.165) is 25.3 Å². The van der Waals surface area contributed by atoms with Crippen molar-refractivity contribution in [2.24, 2.45) is 0 Å². The molecule has 2 rings (SSSR count). The quantitative estimate of drug-likeness (QED) is 0.843. The molecule has 0 amide bonds. The number of hydrogen-bond acceptors (Lipinski definition) is 3. The van der Waals surface area contributed by atoms with Crippen molar-refractivity contribution in [3.8, 4) is 0 Å². The van der Waals surface area contributed by atoms with Gasteiger partial charge in [0.2, 0.25) is 0 Å². The molecule has 0 saturated carbocycles. The molecule has 1 aromatic rings. The predicted molar refractivity (Wildman–Crippen MR) is 72.7 cm³/mol. The average molecular weight is 233 g/mol. The lowest BCUT2D eigenvalue weighted by Gasteiger charge is -2.20. The molecule has 0 bridgehead atoms. The molecule has 0 aromatic carbocycles. The standard InChI is InChI=1S/C14H23N3/c1-11(2)15-9-10-17(3)14-8-7-12-5-4-6-13(12)16-14/h7-8,11,15H,4-6,9-10H2,1-3H3. The minimum atomic E-state index is 0.552. The van der Waals surface area contributed by atoms with E-state index < -0.39 is 0 Å². The van der Waals surface area contributed by atoms with E-state index in [1.807, 2.05) is 0 Å². The molecule has 1 aromatic heterocycles. The first-order valence-corrected chi connectivity index (χ1v) is 6.60. The van der Waals surface area contributed by atoms with E-state index in [0.29, 0.717) is 6.04 Å². The molecule has 3 nitrogen and oxygen atoms in total. The molecule has 1 heterocycles. The second-order valence-electron chi connectivity index (χ2n) is 5.16. The van der Waals surface area contributed by atoms with Gasteiger partial charge in [0.05, 0.1) is 0 Å². The van der Waals surface area contributed by atoms with E-state index in [-0.39, 0.29) is 0 Å². The predicted octanol–water partition coefficient (Wildman–Crippen LogP) is 2.00. The first-order chi connectivity index (χ1) is 8.16. The van der Waals surface area contributed by atoms with Gasteiger partial charge in [-0.1, -0.05) is 19.9 Å². The van der Waals surface area contributed by atoms with E-state index >= 15 is 0 Å². The minimum Gasteiger partial charge on any atom is -0.358 e. The maximum Gasteiger partial charge on any atom is 0.128 e. The van der Waals surface area contributed by atoms with Gasteiger partial charge < -0.3 is 10.2 Å². The summed E-state index contributed by atoms with van der Waals surface area (Å²) >= 11 is 0. The zero-order chi connectivity index (χ0) is 12.3. The number of nitrogens with one attached hydrogen (secondary N) is 1. The summed E-state index contributed by atoms with van der Waals surface area (Å²) in [4.78, 5) is 6.98. The number of nitrogens with zero attached hydrogens (tertiary/aromatic N) is 2. The van der Waals surface area contributed by atoms with Crippen LogP contribution in [0.4, 0.5) is 5.82 Å². The van der Waals surface area contributed by atoms with E-state index in [9.17, 15) is 0 Å². The molecule has 94 valence electrons. The van der Waals surface area contributed by atoms with Gasteiger partial charge in [0.25, 0.3) is 0 Å². The van der Waals surface area contributed by atoms with Gasteiger partial charge in [0.1, 0.15) is 5.82 Å². The topological polar surface area (TPSA) is 28.2 Å². The van der Waals surface area contributed by atoms with Crippen LogP contribution in [0.1, 0.15) is 31.5 Å². The van der Waals surface area contributed by atoms with Gasteiger partial charge in [0.15, 0.2) is 0 Å². The molecule has 3 heteroatoms. The highest BCUT2D eigenvalue weighted by molar-refractivity contribution is 5.42. The fraction of sp³-hybridized carbons (Fsp3) is 0.643. The van der Waals surface area contributed by atoms with Crippen LogP contribution in [-0.2, 0) is 12.8 Å². The highest BCUT2D eigenvalue weighted by Crippen LogP contribution is 2.22. The summed E-state index contributed by atoms with van der Waals surface area (Å²) in [6, 6.07) is 4.95. The lowest BCUT2D eigenvalue weighted by atomic mass is 10.2. The van der Waals surface area contributed by atoms with Gasteiger partial charge in [-0.25, -0.2) is 4.98 Å². The van der Waals surface area contributed by atoms with Crippen LogP contribution in [0.3, 0.4) is 0 Å². The summed E-state index contributed by atoms with van der Waals surface area (Å²) < 4.78 is 0. The second kappa shape index (κ2) is 5.50. The van der Waals surface area contributed by atoms with Crippen molar-refractivity contribution < 1.29 is 0 Å². The summed E-state index contributed by atoms with van der Waals surface area (Å²) in [6.45, 7) is 6.36. The number of aromatic nitrogens is 1. The van der Waals surface area contributed by atoms with Crippen molar-refractivity contribution in [2.45, 2.75) is 39.2 Å². The Hall–Kier alpha value is -1.09. The molecule has 0 unspecified atom stereocenters. The van der Waals surface area contributed by atoms with E-state index in [4.69, 9.17) is 4.98 Å². The Bertz CT molecular complexity index is 374. The van der Waals surface area contributed by atoms with E-state index in [2.05, 4.69) is 43.2 Å². The SMILES string of the molecule is CC(C)NCCN(C)c1ccc2c(n1)CCC2. The summed E-state index contributed by atoms with van der Waals surface area (Å²) in [7, 11) is 2.12. The maximum absolute atomic E-state index is 4.75. The van der Waals surface area contributed by atoms with Gasteiger partial charge in [-0.2, -0.15) is 0 Å². The number of rotatable bonds is 5. The van der Waals surface area contributed by atoms with Gasteiger partial charge in [-0.15, -0.1) is 0 Å². The summed E-state index contributed by atoms with van der Waals surface area (Å²) in [6.07, 6.45) is 3.63. The van der Waals surface area contributed by atoms with E-state index in [1.165, 1.54) is 24.1 Å². The highest BCUT2D eigenvalue weighted by Gasteiger charge is 2.13. The molecule has 0 saturated heterocycles. The molecule has 0 aliphatic heterocycles. The van der Waals surface area contributed by atoms with Crippen LogP contribution in [0.25, 0.3) is 0 Å². The third-order valence-electron chi connectivity index (χ3n) is 3.30. The molecule has 0 atom stereocenters. The Morgan fingerprint density at radius 3 is 2.94 bits per heavy atom. The Morgan fingerprint density at radius 2 is 2.18 bits per heavy atom. The number of pyridine rings is 1. The molecule has 1 aliphatic carbocycles. The number of aryl methyl sites for hydroxylation is 2. The lowest BCUT2D eigenvalue weighted by molar-refractivity contribution is 0.588. The zero-order valence-corrected chi connectivity index (χ0v) is 11.2. The molecule has 1 aliphatic rings. The van der Waals surface area contributed by atoms with Crippen LogP contribution in [0.5, 0.6) is 0 Å². The number of hydrogen-bond donors (Lipinski definition) is 1. The van der Waals surface area contributed by atoms with Crippen LogP contribution in [0.2, 0.25) is 0 Å². The monoisotopic (exact) mass is 233 g/mol. The normalized spacial score (nSPS) is 14.1. The van der Waals surface area contributed by atoms with Crippen molar-refractivity contribution in [3.63, 3.8) is 0 Å². The van der Waals surface area contributed by atoms with Crippen LogP contribution in [0.15, 0.2) is 12.1 Å². The van der Waals surface area contributed by atoms with Crippen LogP contribution in [0, 0.1) is 0 Å². The molecule has 0 radical (unpaired) electrons. The Balaban J connectivity index is 1.92. The molecular weight excluding hydrogens is 210 g/mol. The zero-order valence-electron chi connectivity index (χ0n) is 11.2. The summed E-state index contributed by atoms with van der Waals surface area (Å²) in [5, 5.41) is 3.43. The number of anilines is 1. The van der Waals surface area contributed by atoms with Crippen molar-refractivity contribution in [3.05, 3.63) is 23.4 Å². The largest absolute Gasteiger partial charge is 0.358 e. The maximum atomic E-state index is 4.75. The highest BCUT2D eigenvalue weighted by atomic mass is 15.2. The van der Waals surface area contributed by atoms with Gasteiger partial charge >= 0.3 is 0 Å². The molecule has 0 spiro atoms. The summed E-state index contributed by atoms with van der Waals surface area (Å²) in [5.41, 5.74) is 2.76. The Morgan fingerprint density at radius 1 is 1.35 bits per heavy atom. The third kappa shape index (κ3) is 3.19. The first kappa shape index (κ1) is 12.4. The second-order valence-corrected chi connectivity index (χ2v) is 5.16. The van der Waals surface area contributed by atoms with Crippen molar-refractivity contribution in [1.29, 1.82) is 0 Å².